The number of hydrogen-bond donors (Lipinski definition) is 2. The highest BCUT2D eigenvalue weighted by atomic mass is 16.5. The van der Waals surface area contributed by atoms with Crippen molar-refractivity contribution in [2.45, 2.75) is 19.4 Å². The van der Waals surface area contributed by atoms with E-state index in [-0.39, 0.29) is 17.9 Å². The molecule has 1 heterocycles. The molecule has 1 aromatic heterocycles. The van der Waals surface area contributed by atoms with Crippen molar-refractivity contribution in [3.05, 3.63) is 42.7 Å². The van der Waals surface area contributed by atoms with Crippen LogP contribution in [0.15, 0.2) is 42.7 Å². The van der Waals surface area contributed by atoms with Gasteiger partial charge < -0.3 is 15.8 Å². The zero-order chi connectivity index (χ0) is 15.4. The lowest BCUT2D eigenvalue weighted by atomic mass is 10.1. The summed E-state index contributed by atoms with van der Waals surface area (Å²) < 4.78 is 7.33. The molecule has 0 radical (unpaired) electrons. The molecule has 116 valence electrons. The van der Waals surface area contributed by atoms with Crippen LogP contribution < -0.4 is 15.8 Å². The summed E-state index contributed by atoms with van der Waals surface area (Å²) >= 11 is 0. The Morgan fingerprint density at radius 2 is 2.14 bits per heavy atom. The van der Waals surface area contributed by atoms with Crippen LogP contribution in [0.25, 0.3) is 0 Å². The van der Waals surface area contributed by atoms with Crippen molar-refractivity contribution in [3.8, 4) is 5.75 Å². The van der Waals surface area contributed by atoms with Gasteiger partial charge in [0.2, 0.25) is 5.91 Å². The molecule has 1 saturated carbocycles. The molecule has 0 aliphatic heterocycles. The predicted molar refractivity (Wildman–Crippen MR) is 83.3 cm³/mol. The molecule has 1 aliphatic carbocycles. The largest absolute Gasteiger partial charge is 0.493 e. The lowest BCUT2D eigenvalue weighted by Gasteiger charge is -2.17. The maximum absolute atomic E-state index is 11.9. The second kappa shape index (κ2) is 6.09. The number of carbonyl (C=O) groups is 1. The van der Waals surface area contributed by atoms with Gasteiger partial charge in [0.25, 0.3) is 0 Å². The summed E-state index contributed by atoms with van der Waals surface area (Å²) in [5, 5.41) is 6.96. The molecule has 0 bridgehead atoms. The minimum Gasteiger partial charge on any atom is -0.493 e. The van der Waals surface area contributed by atoms with Gasteiger partial charge >= 0.3 is 0 Å². The lowest BCUT2D eigenvalue weighted by molar-refractivity contribution is -0.122. The highest BCUT2D eigenvalue weighted by Crippen LogP contribution is 2.45. The summed E-state index contributed by atoms with van der Waals surface area (Å²) in [6, 6.07) is 9.74. The first-order chi connectivity index (χ1) is 10.7. The molecule has 2 aromatic rings. The number of nitrogens with zero attached hydrogens (tertiary/aromatic N) is 2. The Balaban J connectivity index is 1.43. The summed E-state index contributed by atoms with van der Waals surface area (Å²) in [6.07, 6.45) is 5.33. The number of nitrogen functional groups attached to an aromatic ring is 1. The first-order valence-electron chi connectivity index (χ1n) is 7.38. The van der Waals surface area contributed by atoms with Crippen molar-refractivity contribution < 1.29 is 9.53 Å². The molecule has 0 saturated heterocycles. The van der Waals surface area contributed by atoms with E-state index in [2.05, 4.69) is 10.4 Å². The average Bonchev–Trinajstić information content (AvgIpc) is 3.20. The summed E-state index contributed by atoms with van der Waals surface area (Å²) in [5.74, 6) is 0.807. The van der Waals surface area contributed by atoms with Crippen molar-refractivity contribution in [1.29, 1.82) is 0 Å². The molecular weight excluding hydrogens is 280 g/mol. The fourth-order valence-electron chi connectivity index (χ4n) is 2.26. The van der Waals surface area contributed by atoms with Crippen LogP contribution in [0.4, 0.5) is 5.69 Å². The van der Waals surface area contributed by atoms with E-state index in [0.29, 0.717) is 18.8 Å². The third kappa shape index (κ3) is 3.78. The van der Waals surface area contributed by atoms with Gasteiger partial charge in [-0.05, 0) is 25.0 Å². The third-order valence-corrected chi connectivity index (χ3v) is 3.86. The van der Waals surface area contributed by atoms with Gasteiger partial charge in [-0.25, -0.2) is 0 Å². The molecule has 1 fully saturated rings. The Morgan fingerprint density at radius 3 is 2.77 bits per heavy atom. The number of rotatable bonds is 7. The predicted octanol–water partition coefficient (Wildman–Crippen LogP) is 1.44. The molecule has 0 spiro atoms. The van der Waals surface area contributed by atoms with Crippen LogP contribution in [0.3, 0.4) is 0 Å². The van der Waals surface area contributed by atoms with Crippen LogP contribution in [0.2, 0.25) is 0 Å². The van der Waals surface area contributed by atoms with Crippen molar-refractivity contribution in [3.63, 3.8) is 0 Å². The van der Waals surface area contributed by atoms with E-state index in [4.69, 9.17) is 10.5 Å². The van der Waals surface area contributed by atoms with E-state index in [1.54, 1.807) is 6.20 Å². The summed E-state index contributed by atoms with van der Waals surface area (Å²) in [4.78, 5) is 11.9. The zero-order valence-corrected chi connectivity index (χ0v) is 12.4. The van der Waals surface area contributed by atoms with E-state index in [1.165, 1.54) is 10.9 Å². The van der Waals surface area contributed by atoms with E-state index in [1.807, 2.05) is 30.3 Å². The second-order valence-electron chi connectivity index (χ2n) is 5.85. The molecule has 6 heteroatoms. The Labute approximate surface area is 129 Å². The number of benzene rings is 1. The molecule has 1 amide bonds. The molecular formula is C16H20N4O2. The molecule has 3 rings (SSSR count). The van der Waals surface area contributed by atoms with Gasteiger partial charge in [0.05, 0.1) is 18.5 Å². The van der Waals surface area contributed by atoms with Gasteiger partial charge in [-0.3, -0.25) is 9.48 Å². The van der Waals surface area contributed by atoms with Crippen LogP contribution in [0, 0.1) is 5.41 Å². The number of ether oxygens (including phenoxy) is 1. The highest BCUT2D eigenvalue weighted by Gasteiger charge is 2.43. The Morgan fingerprint density at radius 1 is 1.36 bits per heavy atom. The number of hydrogen-bond acceptors (Lipinski definition) is 4. The van der Waals surface area contributed by atoms with E-state index >= 15 is 0 Å². The molecule has 1 aromatic carbocycles. The molecule has 0 atom stereocenters. The van der Waals surface area contributed by atoms with Crippen molar-refractivity contribution in [2.24, 2.45) is 5.41 Å². The summed E-state index contributed by atoms with van der Waals surface area (Å²) in [6.45, 7) is 1.45. The third-order valence-electron chi connectivity index (χ3n) is 3.86. The quantitative estimate of drug-likeness (QED) is 0.810. The normalized spacial score (nSPS) is 15.3. The molecule has 22 heavy (non-hydrogen) atoms. The van der Waals surface area contributed by atoms with Crippen molar-refractivity contribution in [1.82, 2.24) is 15.1 Å². The van der Waals surface area contributed by atoms with Gasteiger partial charge in [0.1, 0.15) is 12.3 Å². The molecule has 1 aliphatic rings. The van der Waals surface area contributed by atoms with Crippen LogP contribution in [-0.4, -0.2) is 28.8 Å². The van der Waals surface area contributed by atoms with E-state index in [0.717, 1.165) is 18.6 Å². The maximum atomic E-state index is 11.9. The van der Waals surface area contributed by atoms with Crippen LogP contribution in [0.1, 0.15) is 12.8 Å². The average molecular weight is 300 g/mol. The summed E-state index contributed by atoms with van der Waals surface area (Å²) in [5.41, 5.74) is 6.21. The monoisotopic (exact) mass is 300 g/mol. The number of anilines is 1. The van der Waals surface area contributed by atoms with Gasteiger partial charge in [-0.2, -0.15) is 5.10 Å². The smallest absolute Gasteiger partial charge is 0.241 e. The SMILES string of the molecule is Nc1cnn(CC(=O)NCC2(COc3ccccc3)CC2)c1. The fourth-order valence-corrected chi connectivity index (χ4v) is 2.26. The number of para-hydroxylation sites is 1. The van der Waals surface area contributed by atoms with Crippen LogP contribution in [0.5, 0.6) is 5.75 Å². The van der Waals surface area contributed by atoms with E-state index < -0.39 is 0 Å². The van der Waals surface area contributed by atoms with Crippen LogP contribution >= 0.6 is 0 Å². The number of nitrogens with one attached hydrogen (secondary N) is 1. The Hall–Kier alpha value is -2.50. The lowest BCUT2D eigenvalue weighted by Crippen LogP contribution is -2.35. The number of nitrogens with two attached hydrogens (primary N) is 1. The number of aromatic nitrogens is 2. The standard InChI is InChI=1S/C16H20N4O2/c17-13-8-19-20(9-13)10-15(21)18-11-16(6-7-16)12-22-14-4-2-1-3-5-14/h1-5,8-9H,6-7,10-12,17H2,(H,18,21). The molecule has 0 unspecified atom stereocenters. The Bertz CT molecular complexity index is 635. The van der Waals surface area contributed by atoms with Gasteiger partial charge in [0, 0.05) is 18.2 Å². The minimum atomic E-state index is -0.0610. The van der Waals surface area contributed by atoms with Crippen molar-refractivity contribution >= 4 is 11.6 Å². The number of carbonyl (C=O) groups excluding carboxylic acids is 1. The van der Waals surface area contributed by atoms with E-state index in [9.17, 15) is 4.79 Å². The summed E-state index contributed by atoms with van der Waals surface area (Å²) in [7, 11) is 0. The Kier molecular flexibility index (Phi) is 4.00. The van der Waals surface area contributed by atoms with Gasteiger partial charge in [0.15, 0.2) is 0 Å². The molecule has 6 nitrogen and oxygen atoms in total. The zero-order valence-electron chi connectivity index (χ0n) is 12.4. The highest BCUT2D eigenvalue weighted by molar-refractivity contribution is 5.75. The number of amides is 1. The van der Waals surface area contributed by atoms with Crippen LogP contribution in [-0.2, 0) is 11.3 Å². The topological polar surface area (TPSA) is 82.2 Å². The minimum absolute atomic E-state index is 0.0610. The van der Waals surface area contributed by atoms with Gasteiger partial charge in [-0.15, -0.1) is 0 Å². The van der Waals surface area contributed by atoms with Crippen molar-refractivity contribution in [2.75, 3.05) is 18.9 Å². The molecule has 3 N–H and O–H groups in total. The van der Waals surface area contributed by atoms with Gasteiger partial charge in [-0.1, -0.05) is 18.2 Å². The first-order valence-corrected chi connectivity index (χ1v) is 7.38. The maximum Gasteiger partial charge on any atom is 0.241 e. The first kappa shape index (κ1) is 14.4. The second-order valence-corrected chi connectivity index (χ2v) is 5.85. The fraction of sp³-hybridized carbons (Fsp3) is 0.375.